The van der Waals surface area contributed by atoms with Crippen LogP contribution in [0.1, 0.15) is 23.6 Å². The lowest BCUT2D eigenvalue weighted by atomic mass is 10.1. The number of anilines is 1. The van der Waals surface area contributed by atoms with Crippen LogP contribution in [0.3, 0.4) is 0 Å². The number of nitrogens with zero attached hydrogens (tertiary/aromatic N) is 2. The molecule has 0 fully saturated rings. The van der Waals surface area contributed by atoms with E-state index in [2.05, 4.69) is 10.3 Å². The summed E-state index contributed by atoms with van der Waals surface area (Å²) in [5.74, 6) is 0. The average molecular weight is 384 g/mol. The van der Waals surface area contributed by atoms with Crippen LogP contribution >= 0.6 is 11.6 Å². The minimum atomic E-state index is -4.32. The summed E-state index contributed by atoms with van der Waals surface area (Å²) >= 11 is 6.28. The Labute approximate surface area is 156 Å². The van der Waals surface area contributed by atoms with Crippen LogP contribution < -0.4 is 5.32 Å². The molecule has 0 aliphatic rings. The van der Waals surface area contributed by atoms with Gasteiger partial charge in [-0.2, -0.15) is 13.2 Å². The molecule has 1 N–H and O–H groups in total. The molecular weight excluding hydrogens is 363 g/mol. The summed E-state index contributed by atoms with van der Waals surface area (Å²) in [5, 5.41) is 3.71. The van der Waals surface area contributed by atoms with E-state index in [9.17, 15) is 13.2 Å². The number of hydrogen-bond donors (Lipinski definition) is 1. The van der Waals surface area contributed by atoms with Crippen LogP contribution in [0.15, 0.2) is 41.4 Å². The fraction of sp³-hybridized carbons (Fsp3) is 0.316. The molecule has 26 heavy (non-hydrogen) atoms. The van der Waals surface area contributed by atoms with Crippen molar-refractivity contribution in [1.29, 1.82) is 0 Å². The van der Waals surface area contributed by atoms with Gasteiger partial charge in [-0.25, -0.2) is 4.99 Å². The summed E-state index contributed by atoms with van der Waals surface area (Å²) in [6.45, 7) is 5.18. The van der Waals surface area contributed by atoms with Crippen LogP contribution in [0.4, 0.5) is 24.5 Å². The van der Waals surface area contributed by atoms with E-state index in [1.54, 1.807) is 12.4 Å². The third kappa shape index (κ3) is 5.39. The van der Waals surface area contributed by atoms with Gasteiger partial charge < -0.3 is 10.2 Å². The molecule has 0 aliphatic heterocycles. The SMILES string of the molecule is CCN(C)C=Nc1cc(C)c(NCc2ccc(C(F)(F)F)cc2)cc1Cl. The first kappa shape index (κ1) is 20.1. The van der Waals surface area contributed by atoms with Crippen molar-refractivity contribution in [3.63, 3.8) is 0 Å². The zero-order valence-corrected chi connectivity index (χ0v) is 15.6. The molecule has 0 aliphatic carbocycles. The topological polar surface area (TPSA) is 27.6 Å². The Kier molecular flexibility index (Phi) is 6.53. The van der Waals surface area contributed by atoms with Crippen LogP contribution in [0.5, 0.6) is 0 Å². The van der Waals surface area contributed by atoms with Crippen LogP contribution in [0.2, 0.25) is 5.02 Å². The molecule has 7 heteroatoms. The van der Waals surface area contributed by atoms with E-state index in [4.69, 9.17) is 11.6 Å². The summed E-state index contributed by atoms with van der Waals surface area (Å²) in [4.78, 5) is 6.30. The van der Waals surface area contributed by atoms with Gasteiger partial charge in [0.15, 0.2) is 0 Å². The van der Waals surface area contributed by atoms with Crippen LogP contribution in [-0.4, -0.2) is 24.8 Å². The molecule has 2 aromatic rings. The van der Waals surface area contributed by atoms with Gasteiger partial charge in [0.2, 0.25) is 0 Å². The number of halogens is 4. The van der Waals surface area contributed by atoms with Crippen LogP contribution in [-0.2, 0) is 12.7 Å². The van der Waals surface area contributed by atoms with Crippen molar-refractivity contribution in [1.82, 2.24) is 4.90 Å². The minimum absolute atomic E-state index is 0.399. The first-order chi connectivity index (χ1) is 12.2. The van der Waals surface area contributed by atoms with Gasteiger partial charge >= 0.3 is 6.18 Å². The second-order valence-electron chi connectivity index (χ2n) is 5.98. The van der Waals surface area contributed by atoms with E-state index >= 15 is 0 Å². The monoisotopic (exact) mass is 383 g/mol. The Balaban J connectivity index is 2.08. The predicted octanol–water partition coefficient (Wildman–Crippen LogP) is 5.89. The van der Waals surface area contributed by atoms with E-state index in [1.165, 1.54) is 12.1 Å². The number of rotatable bonds is 6. The van der Waals surface area contributed by atoms with Crippen LogP contribution in [0, 0.1) is 6.92 Å². The second kappa shape index (κ2) is 8.45. The van der Waals surface area contributed by atoms with Gasteiger partial charge in [0.1, 0.15) is 0 Å². The zero-order chi connectivity index (χ0) is 19.3. The lowest BCUT2D eigenvalue weighted by Crippen LogP contribution is -2.14. The average Bonchev–Trinajstić information content (AvgIpc) is 2.60. The van der Waals surface area contributed by atoms with Crippen molar-refractivity contribution in [3.05, 3.63) is 58.1 Å². The maximum absolute atomic E-state index is 12.6. The lowest BCUT2D eigenvalue weighted by Gasteiger charge is -2.13. The maximum Gasteiger partial charge on any atom is 0.416 e. The summed E-state index contributed by atoms with van der Waals surface area (Å²) in [6, 6.07) is 8.74. The van der Waals surface area contributed by atoms with Gasteiger partial charge in [-0.3, -0.25) is 0 Å². The quantitative estimate of drug-likeness (QED) is 0.497. The number of benzene rings is 2. The standard InChI is InChI=1S/C19H21ClF3N3/c1-4-26(3)12-25-18-9-13(2)17(10-16(18)20)24-11-14-5-7-15(8-6-14)19(21,22)23/h5-10,12,24H,4,11H2,1-3H3. The number of hydrogen-bond acceptors (Lipinski definition) is 2. The van der Waals surface area contributed by atoms with Gasteiger partial charge in [0.25, 0.3) is 0 Å². The van der Waals surface area contributed by atoms with Crippen molar-refractivity contribution >= 4 is 29.3 Å². The molecule has 0 radical (unpaired) electrons. The third-order valence-corrected chi connectivity index (χ3v) is 4.25. The predicted molar refractivity (Wildman–Crippen MR) is 101 cm³/mol. The Bertz CT molecular complexity index is 771. The summed E-state index contributed by atoms with van der Waals surface area (Å²) in [5.41, 5.74) is 2.54. The normalized spacial score (nSPS) is 11.8. The molecule has 0 bridgehead atoms. The summed E-state index contributed by atoms with van der Waals surface area (Å²) in [6.07, 6.45) is -2.60. The maximum atomic E-state index is 12.6. The van der Waals surface area contributed by atoms with Crippen molar-refractivity contribution in [2.24, 2.45) is 4.99 Å². The highest BCUT2D eigenvalue weighted by molar-refractivity contribution is 6.33. The third-order valence-electron chi connectivity index (χ3n) is 3.95. The second-order valence-corrected chi connectivity index (χ2v) is 6.39. The molecule has 0 spiro atoms. The fourth-order valence-electron chi connectivity index (χ4n) is 2.21. The van der Waals surface area contributed by atoms with Crippen molar-refractivity contribution < 1.29 is 13.2 Å². The Morgan fingerprint density at radius 3 is 2.42 bits per heavy atom. The smallest absolute Gasteiger partial charge is 0.381 e. The van der Waals surface area contributed by atoms with E-state index < -0.39 is 11.7 Å². The first-order valence-electron chi connectivity index (χ1n) is 8.15. The molecule has 0 saturated carbocycles. The molecule has 0 unspecified atom stereocenters. The zero-order valence-electron chi connectivity index (χ0n) is 14.9. The van der Waals surface area contributed by atoms with Gasteiger partial charge in [0.05, 0.1) is 22.6 Å². The van der Waals surface area contributed by atoms with Gasteiger partial charge in [0, 0.05) is 25.8 Å². The number of aliphatic imine (C=N–C) groups is 1. The van der Waals surface area contributed by atoms with E-state index in [0.29, 0.717) is 17.3 Å². The Morgan fingerprint density at radius 1 is 1.19 bits per heavy atom. The molecule has 3 nitrogen and oxygen atoms in total. The van der Waals surface area contributed by atoms with Gasteiger partial charge in [-0.1, -0.05) is 23.7 Å². The highest BCUT2D eigenvalue weighted by Crippen LogP contribution is 2.32. The molecule has 0 atom stereocenters. The number of aryl methyl sites for hydroxylation is 1. The van der Waals surface area contributed by atoms with Crippen molar-refractivity contribution in [2.75, 3.05) is 18.9 Å². The lowest BCUT2D eigenvalue weighted by molar-refractivity contribution is -0.137. The minimum Gasteiger partial charge on any atom is -0.381 e. The molecule has 0 amide bonds. The Hall–Kier alpha value is -2.21. The molecular formula is C19H21ClF3N3. The highest BCUT2D eigenvalue weighted by Gasteiger charge is 2.29. The molecule has 140 valence electrons. The van der Waals surface area contributed by atoms with Crippen molar-refractivity contribution in [3.8, 4) is 0 Å². The molecule has 0 aromatic heterocycles. The highest BCUT2D eigenvalue weighted by atomic mass is 35.5. The first-order valence-corrected chi connectivity index (χ1v) is 8.53. The number of nitrogens with one attached hydrogen (secondary N) is 1. The largest absolute Gasteiger partial charge is 0.416 e. The summed E-state index contributed by atoms with van der Waals surface area (Å²) < 4.78 is 37.8. The molecule has 2 rings (SSSR count). The molecule has 2 aromatic carbocycles. The van der Waals surface area contributed by atoms with Gasteiger partial charge in [-0.05, 0) is 49.2 Å². The molecule has 0 saturated heterocycles. The van der Waals surface area contributed by atoms with Crippen molar-refractivity contribution in [2.45, 2.75) is 26.6 Å². The number of alkyl halides is 3. The molecule has 0 heterocycles. The van der Waals surface area contributed by atoms with E-state index in [-0.39, 0.29) is 0 Å². The summed E-state index contributed by atoms with van der Waals surface area (Å²) in [7, 11) is 1.92. The van der Waals surface area contributed by atoms with E-state index in [1.807, 2.05) is 31.9 Å². The van der Waals surface area contributed by atoms with Gasteiger partial charge in [-0.15, -0.1) is 0 Å². The fourth-order valence-corrected chi connectivity index (χ4v) is 2.42. The van der Waals surface area contributed by atoms with E-state index in [0.717, 1.165) is 35.5 Å². The van der Waals surface area contributed by atoms with Crippen LogP contribution in [0.25, 0.3) is 0 Å². The Morgan fingerprint density at radius 2 is 1.85 bits per heavy atom.